The Hall–Kier alpha value is -2.86. The van der Waals surface area contributed by atoms with Gasteiger partial charge in [0.25, 0.3) is 0 Å². The Kier molecular flexibility index (Phi) is 5.52. The molecule has 0 spiro atoms. The molecule has 2 fully saturated rings. The standard InChI is InChI=1S/C23H24ClN3O3/c1-23(17-6-3-2-4-7-17)15-20(28)27(22(23)30)16-21(29)26-12-10-25(11-13-26)19-9-5-8-18(24)14-19/h2-9,14H,10-13,15-16H2,1H3. The maximum Gasteiger partial charge on any atom is 0.242 e. The maximum absolute atomic E-state index is 13.0. The van der Waals surface area contributed by atoms with Gasteiger partial charge in [-0.1, -0.05) is 48.0 Å². The Bertz CT molecular complexity index is 973. The Morgan fingerprint density at radius 1 is 1.00 bits per heavy atom. The van der Waals surface area contributed by atoms with Crippen molar-refractivity contribution in [3.63, 3.8) is 0 Å². The molecule has 0 aromatic heterocycles. The Labute approximate surface area is 181 Å². The van der Waals surface area contributed by atoms with Crippen molar-refractivity contribution >= 4 is 35.0 Å². The quantitative estimate of drug-likeness (QED) is 0.707. The number of nitrogens with zero attached hydrogens (tertiary/aromatic N) is 3. The van der Waals surface area contributed by atoms with Crippen LogP contribution in [0.2, 0.25) is 5.02 Å². The van der Waals surface area contributed by atoms with E-state index in [2.05, 4.69) is 4.90 Å². The van der Waals surface area contributed by atoms with Gasteiger partial charge in [0.15, 0.2) is 0 Å². The third-order valence-electron chi connectivity index (χ3n) is 6.03. The van der Waals surface area contributed by atoms with Crippen molar-refractivity contribution in [2.75, 3.05) is 37.6 Å². The minimum Gasteiger partial charge on any atom is -0.368 e. The van der Waals surface area contributed by atoms with Crippen LogP contribution in [0.25, 0.3) is 0 Å². The number of imide groups is 1. The third-order valence-corrected chi connectivity index (χ3v) is 6.27. The fourth-order valence-corrected chi connectivity index (χ4v) is 4.38. The van der Waals surface area contributed by atoms with Crippen LogP contribution in [0, 0.1) is 0 Å². The second-order valence-electron chi connectivity index (χ2n) is 8.01. The molecule has 4 rings (SSSR count). The van der Waals surface area contributed by atoms with Gasteiger partial charge in [-0.05, 0) is 30.7 Å². The van der Waals surface area contributed by atoms with Gasteiger partial charge in [0.1, 0.15) is 6.54 Å². The topological polar surface area (TPSA) is 60.9 Å². The smallest absolute Gasteiger partial charge is 0.242 e. The van der Waals surface area contributed by atoms with Crippen LogP contribution in [-0.4, -0.2) is 60.2 Å². The molecular formula is C23H24ClN3O3. The minimum absolute atomic E-state index is 0.0890. The lowest BCUT2D eigenvalue weighted by Gasteiger charge is -2.36. The van der Waals surface area contributed by atoms with Gasteiger partial charge in [-0.25, -0.2) is 0 Å². The van der Waals surface area contributed by atoms with E-state index in [0.717, 1.165) is 16.2 Å². The van der Waals surface area contributed by atoms with E-state index in [1.165, 1.54) is 0 Å². The van der Waals surface area contributed by atoms with Gasteiger partial charge in [-0.2, -0.15) is 0 Å². The van der Waals surface area contributed by atoms with Crippen molar-refractivity contribution in [1.29, 1.82) is 0 Å². The molecule has 2 aromatic carbocycles. The number of carbonyl (C=O) groups excluding carboxylic acids is 3. The van der Waals surface area contributed by atoms with Crippen LogP contribution in [0.3, 0.4) is 0 Å². The zero-order valence-corrected chi connectivity index (χ0v) is 17.6. The van der Waals surface area contributed by atoms with Gasteiger partial charge >= 0.3 is 0 Å². The molecule has 2 aliphatic rings. The summed E-state index contributed by atoms with van der Waals surface area (Å²) < 4.78 is 0. The SMILES string of the molecule is CC1(c2ccccc2)CC(=O)N(CC(=O)N2CCN(c3cccc(Cl)c3)CC2)C1=O. The summed E-state index contributed by atoms with van der Waals surface area (Å²) in [6.45, 7) is 4.01. The van der Waals surface area contributed by atoms with E-state index >= 15 is 0 Å². The molecule has 0 saturated carbocycles. The van der Waals surface area contributed by atoms with Gasteiger partial charge in [0.05, 0.1) is 5.41 Å². The van der Waals surface area contributed by atoms with Gasteiger partial charge in [-0.3, -0.25) is 19.3 Å². The maximum atomic E-state index is 13.0. The lowest BCUT2D eigenvalue weighted by molar-refractivity contribution is -0.146. The molecule has 2 aliphatic heterocycles. The van der Waals surface area contributed by atoms with Gasteiger partial charge in [-0.15, -0.1) is 0 Å². The van der Waals surface area contributed by atoms with E-state index in [0.29, 0.717) is 31.2 Å². The fourth-order valence-electron chi connectivity index (χ4n) is 4.20. The normalized spacial score (nSPS) is 22.0. The molecule has 30 heavy (non-hydrogen) atoms. The molecule has 3 amide bonds. The number of carbonyl (C=O) groups is 3. The van der Waals surface area contributed by atoms with Crippen LogP contribution < -0.4 is 4.90 Å². The average Bonchev–Trinajstić information content (AvgIpc) is 2.98. The summed E-state index contributed by atoms with van der Waals surface area (Å²) in [5.74, 6) is -0.790. The minimum atomic E-state index is -0.913. The van der Waals surface area contributed by atoms with E-state index in [4.69, 9.17) is 11.6 Å². The summed E-state index contributed by atoms with van der Waals surface area (Å²) >= 11 is 6.07. The van der Waals surface area contributed by atoms with E-state index in [1.807, 2.05) is 54.6 Å². The molecular weight excluding hydrogens is 402 g/mol. The number of benzene rings is 2. The summed E-state index contributed by atoms with van der Waals surface area (Å²) in [4.78, 5) is 43.5. The highest BCUT2D eigenvalue weighted by molar-refractivity contribution is 6.30. The van der Waals surface area contributed by atoms with Crippen molar-refractivity contribution in [2.24, 2.45) is 0 Å². The Balaban J connectivity index is 1.39. The highest BCUT2D eigenvalue weighted by atomic mass is 35.5. The van der Waals surface area contributed by atoms with Crippen LogP contribution in [-0.2, 0) is 19.8 Å². The number of amides is 3. The van der Waals surface area contributed by atoms with E-state index < -0.39 is 5.41 Å². The number of anilines is 1. The largest absolute Gasteiger partial charge is 0.368 e. The van der Waals surface area contributed by atoms with Gasteiger partial charge in [0.2, 0.25) is 17.7 Å². The Morgan fingerprint density at radius 2 is 1.70 bits per heavy atom. The highest BCUT2D eigenvalue weighted by Crippen LogP contribution is 2.36. The first-order valence-corrected chi connectivity index (χ1v) is 10.4. The van der Waals surface area contributed by atoms with E-state index in [9.17, 15) is 14.4 Å². The predicted octanol–water partition coefficient (Wildman–Crippen LogP) is 2.71. The summed E-state index contributed by atoms with van der Waals surface area (Å²) in [7, 11) is 0. The van der Waals surface area contributed by atoms with Crippen LogP contribution in [0.4, 0.5) is 5.69 Å². The second-order valence-corrected chi connectivity index (χ2v) is 8.44. The number of likely N-dealkylation sites (tertiary alicyclic amines) is 1. The first-order valence-electron chi connectivity index (χ1n) is 10.1. The van der Waals surface area contributed by atoms with Crippen molar-refractivity contribution < 1.29 is 14.4 Å². The van der Waals surface area contributed by atoms with Crippen LogP contribution in [0.5, 0.6) is 0 Å². The number of hydrogen-bond donors (Lipinski definition) is 0. The second kappa shape index (κ2) is 8.11. The van der Waals surface area contributed by atoms with Crippen LogP contribution >= 0.6 is 11.6 Å². The highest BCUT2D eigenvalue weighted by Gasteiger charge is 2.49. The molecule has 7 heteroatoms. The first-order chi connectivity index (χ1) is 14.4. The number of piperazine rings is 1. The van der Waals surface area contributed by atoms with Crippen LogP contribution in [0.15, 0.2) is 54.6 Å². The Morgan fingerprint density at radius 3 is 2.37 bits per heavy atom. The lowest BCUT2D eigenvalue weighted by atomic mass is 9.81. The molecule has 1 atom stereocenters. The summed E-state index contributed by atoms with van der Waals surface area (Å²) in [6.07, 6.45) is 0.0890. The molecule has 2 aromatic rings. The van der Waals surface area contributed by atoms with Crippen LogP contribution in [0.1, 0.15) is 18.9 Å². The van der Waals surface area contributed by atoms with Crippen molar-refractivity contribution in [1.82, 2.24) is 9.80 Å². The predicted molar refractivity (Wildman–Crippen MR) is 115 cm³/mol. The van der Waals surface area contributed by atoms with Crippen molar-refractivity contribution in [3.8, 4) is 0 Å². The molecule has 6 nitrogen and oxygen atoms in total. The summed E-state index contributed by atoms with van der Waals surface area (Å²) in [5.41, 5.74) is 0.913. The van der Waals surface area contributed by atoms with Gasteiger partial charge < -0.3 is 9.80 Å². The summed E-state index contributed by atoms with van der Waals surface area (Å²) in [6, 6.07) is 16.9. The fraction of sp³-hybridized carbons (Fsp3) is 0.348. The number of hydrogen-bond acceptors (Lipinski definition) is 4. The zero-order chi connectivity index (χ0) is 21.3. The monoisotopic (exact) mass is 425 g/mol. The molecule has 0 N–H and O–H groups in total. The van der Waals surface area contributed by atoms with E-state index in [-0.39, 0.29) is 30.7 Å². The zero-order valence-electron chi connectivity index (χ0n) is 16.9. The average molecular weight is 426 g/mol. The third kappa shape index (κ3) is 3.79. The molecule has 2 heterocycles. The molecule has 0 bridgehead atoms. The molecule has 156 valence electrons. The first kappa shape index (κ1) is 20.4. The van der Waals surface area contributed by atoms with E-state index in [1.54, 1.807) is 11.8 Å². The van der Waals surface area contributed by atoms with Crippen molar-refractivity contribution in [3.05, 3.63) is 65.2 Å². The number of halogens is 1. The molecule has 0 radical (unpaired) electrons. The van der Waals surface area contributed by atoms with Gasteiger partial charge in [0, 0.05) is 43.3 Å². The summed E-state index contributed by atoms with van der Waals surface area (Å²) in [5, 5.41) is 0.679. The molecule has 0 aliphatic carbocycles. The van der Waals surface area contributed by atoms with Crippen molar-refractivity contribution in [2.45, 2.75) is 18.8 Å². The molecule has 2 saturated heterocycles. The number of rotatable bonds is 4. The molecule has 1 unspecified atom stereocenters. The lowest BCUT2D eigenvalue weighted by Crippen LogP contribution is -2.52.